The van der Waals surface area contributed by atoms with Crippen LogP contribution in [0.15, 0.2) is 18.2 Å². The minimum Gasteiger partial charge on any atom is -0.496 e. The lowest BCUT2D eigenvalue weighted by molar-refractivity contribution is 0.397. The van der Waals surface area contributed by atoms with E-state index in [4.69, 9.17) is 15.2 Å². The van der Waals surface area contributed by atoms with Crippen LogP contribution in [0.2, 0.25) is 0 Å². The van der Waals surface area contributed by atoms with Gasteiger partial charge in [-0.05, 0) is 18.7 Å². The third-order valence-electron chi connectivity index (χ3n) is 2.47. The van der Waals surface area contributed by atoms with Crippen LogP contribution < -0.4 is 15.2 Å². The van der Waals surface area contributed by atoms with Gasteiger partial charge in [-0.15, -0.1) is 10.2 Å². The number of hydrogen-bond acceptors (Lipinski definition) is 6. The van der Waals surface area contributed by atoms with Crippen molar-refractivity contribution in [1.29, 1.82) is 0 Å². The van der Waals surface area contributed by atoms with Crippen LogP contribution in [-0.4, -0.2) is 31.0 Å². The Kier molecular flexibility index (Phi) is 4.11. The third-order valence-corrected chi connectivity index (χ3v) is 3.47. The van der Waals surface area contributed by atoms with Crippen molar-refractivity contribution in [2.24, 2.45) is 5.73 Å². The quantitative estimate of drug-likeness (QED) is 0.891. The molecule has 5 nitrogen and oxygen atoms in total. The van der Waals surface area contributed by atoms with Gasteiger partial charge in [0.2, 0.25) is 0 Å². The molecule has 2 N–H and O–H groups in total. The van der Waals surface area contributed by atoms with Crippen LogP contribution in [-0.2, 0) is 6.42 Å². The second-order valence-corrected chi connectivity index (χ2v) is 4.64. The Morgan fingerprint density at radius 3 is 2.39 bits per heavy atom. The molecule has 96 valence electrons. The Balaban J connectivity index is 2.47. The molecule has 0 radical (unpaired) electrons. The standard InChI is InChI=1S/C12H15N3O2S/c1-16-8-4-3-5-9(17-2)11(8)12-15-14-10(18-12)6-7-13/h3-5H,6-7,13H2,1-2H3. The molecule has 0 aliphatic rings. The fourth-order valence-electron chi connectivity index (χ4n) is 1.64. The summed E-state index contributed by atoms with van der Waals surface area (Å²) in [5.41, 5.74) is 6.35. The number of methoxy groups -OCH3 is 2. The van der Waals surface area contributed by atoms with Crippen molar-refractivity contribution >= 4 is 11.3 Å². The van der Waals surface area contributed by atoms with Crippen molar-refractivity contribution in [1.82, 2.24) is 10.2 Å². The zero-order valence-electron chi connectivity index (χ0n) is 10.3. The van der Waals surface area contributed by atoms with Crippen LogP contribution in [0.1, 0.15) is 5.01 Å². The average molecular weight is 265 g/mol. The summed E-state index contributed by atoms with van der Waals surface area (Å²) in [7, 11) is 3.25. The van der Waals surface area contributed by atoms with Gasteiger partial charge in [0.05, 0.1) is 19.8 Å². The zero-order chi connectivity index (χ0) is 13.0. The first-order valence-electron chi connectivity index (χ1n) is 5.54. The maximum Gasteiger partial charge on any atom is 0.155 e. The molecule has 0 atom stereocenters. The highest BCUT2D eigenvalue weighted by Gasteiger charge is 2.16. The monoisotopic (exact) mass is 265 g/mol. The van der Waals surface area contributed by atoms with Crippen LogP contribution in [0, 0.1) is 0 Å². The van der Waals surface area contributed by atoms with Crippen molar-refractivity contribution in [2.45, 2.75) is 6.42 Å². The Labute approximate surface area is 110 Å². The molecular formula is C12H15N3O2S. The summed E-state index contributed by atoms with van der Waals surface area (Å²) >= 11 is 1.51. The fraction of sp³-hybridized carbons (Fsp3) is 0.333. The fourth-order valence-corrected chi connectivity index (χ4v) is 2.55. The van der Waals surface area contributed by atoms with Gasteiger partial charge in [0, 0.05) is 6.42 Å². The number of nitrogens with zero attached hydrogens (tertiary/aromatic N) is 2. The summed E-state index contributed by atoms with van der Waals surface area (Å²) < 4.78 is 10.7. The summed E-state index contributed by atoms with van der Waals surface area (Å²) in [5.74, 6) is 1.45. The number of rotatable bonds is 5. The van der Waals surface area contributed by atoms with Crippen molar-refractivity contribution in [2.75, 3.05) is 20.8 Å². The molecule has 0 saturated carbocycles. The van der Waals surface area contributed by atoms with E-state index in [0.29, 0.717) is 6.54 Å². The van der Waals surface area contributed by atoms with Crippen LogP contribution in [0.4, 0.5) is 0 Å². The summed E-state index contributed by atoms with van der Waals surface area (Å²) in [5, 5.41) is 9.99. The van der Waals surface area contributed by atoms with Crippen LogP contribution in [0.5, 0.6) is 11.5 Å². The third kappa shape index (κ3) is 2.44. The predicted octanol–water partition coefficient (Wildman–Crippen LogP) is 1.72. The molecule has 1 heterocycles. The van der Waals surface area contributed by atoms with Crippen molar-refractivity contribution in [3.05, 3.63) is 23.2 Å². The average Bonchev–Trinajstić information content (AvgIpc) is 2.86. The van der Waals surface area contributed by atoms with Crippen molar-refractivity contribution in [3.8, 4) is 22.1 Å². The van der Waals surface area contributed by atoms with E-state index in [0.717, 1.165) is 33.5 Å². The first-order chi connectivity index (χ1) is 8.80. The molecular weight excluding hydrogens is 250 g/mol. The molecule has 0 fully saturated rings. The number of benzene rings is 1. The smallest absolute Gasteiger partial charge is 0.155 e. The Morgan fingerprint density at radius 2 is 1.83 bits per heavy atom. The summed E-state index contributed by atoms with van der Waals surface area (Å²) in [6.45, 7) is 0.567. The van der Waals surface area contributed by atoms with E-state index in [9.17, 15) is 0 Å². The summed E-state index contributed by atoms with van der Waals surface area (Å²) in [6.07, 6.45) is 0.731. The van der Waals surface area contributed by atoms with Crippen LogP contribution >= 0.6 is 11.3 Å². The number of aromatic nitrogens is 2. The van der Waals surface area contributed by atoms with Crippen LogP contribution in [0.25, 0.3) is 10.6 Å². The van der Waals surface area contributed by atoms with Gasteiger partial charge in [0.1, 0.15) is 16.5 Å². The molecule has 6 heteroatoms. The summed E-state index contributed by atoms with van der Waals surface area (Å²) in [6, 6.07) is 5.63. The van der Waals surface area contributed by atoms with E-state index in [-0.39, 0.29) is 0 Å². The Bertz CT molecular complexity index is 506. The molecule has 0 aliphatic heterocycles. The van der Waals surface area contributed by atoms with Gasteiger partial charge < -0.3 is 15.2 Å². The lowest BCUT2D eigenvalue weighted by atomic mass is 10.2. The van der Waals surface area contributed by atoms with E-state index < -0.39 is 0 Å². The van der Waals surface area contributed by atoms with Gasteiger partial charge in [-0.1, -0.05) is 17.4 Å². The second-order valence-electron chi connectivity index (χ2n) is 3.58. The Hall–Kier alpha value is -1.66. The molecule has 0 bridgehead atoms. The number of hydrogen-bond donors (Lipinski definition) is 1. The highest BCUT2D eigenvalue weighted by atomic mass is 32.1. The molecule has 0 aliphatic carbocycles. The zero-order valence-corrected chi connectivity index (χ0v) is 11.2. The molecule has 1 aromatic heterocycles. The molecule has 0 amide bonds. The topological polar surface area (TPSA) is 70.3 Å². The molecule has 1 aromatic carbocycles. The van der Waals surface area contributed by atoms with Gasteiger partial charge in [-0.2, -0.15) is 0 Å². The highest BCUT2D eigenvalue weighted by Crippen LogP contribution is 2.39. The molecule has 0 saturated heterocycles. The molecule has 18 heavy (non-hydrogen) atoms. The van der Waals surface area contributed by atoms with E-state index >= 15 is 0 Å². The molecule has 0 spiro atoms. The number of nitrogens with two attached hydrogens (primary N) is 1. The predicted molar refractivity (Wildman–Crippen MR) is 71.2 cm³/mol. The van der Waals surface area contributed by atoms with Crippen molar-refractivity contribution < 1.29 is 9.47 Å². The van der Waals surface area contributed by atoms with Gasteiger partial charge in [0.25, 0.3) is 0 Å². The minimum atomic E-state index is 0.567. The lowest BCUT2D eigenvalue weighted by Gasteiger charge is -2.09. The Morgan fingerprint density at radius 1 is 1.17 bits per heavy atom. The first kappa shape index (κ1) is 12.8. The summed E-state index contributed by atoms with van der Waals surface area (Å²) in [4.78, 5) is 0. The van der Waals surface area contributed by atoms with E-state index in [1.807, 2.05) is 18.2 Å². The van der Waals surface area contributed by atoms with Gasteiger partial charge >= 0.3 is 0 Å². The minimum absolute atomic E-state index is 0.567. The van der Waals surface area contributed by atoms with Gasteiger partial charge in [-0.25, -0.2) is 0 Å². The molecule has 2 rings (SSSR count). The SMILES string of the molecule is COc1cccc(OC)c1-c1nnc(CCN)s1. The molecule has 0 unspecified atom stereocenters. The van der Waals surface area contributed by atoms with Crippen LogP contribution in [0.3, 0.4) is 0 Å². The maximum atomic E-state index is 5.51. The van der Waals surface area contributed by atoms with Crippen molar-refractivity contribution in [3.63, 3.8) is 0 Å². The number of ether oxygens (including phenoxy) is 2. The highest BCUT2D eigenvalue weighted by molar-refractivity contribution is 7.14. The van der Waals surface area contributed by atoms with E-state index in [1.165, 1.54) is 11.3 Å². The van der Waals surface area contributed by atoms with Gasteiger partial charge in [-0.3, -0.25) is 0 Å². The van der Waals surface area contributed by atoms with E-state index in [2.05, 4.69) is 10.2 Å². The molecule has 2 aromatic rings. The maximum absolute atomic E-state index is 5.51. The lowest BCUT2D eigenvalue weighted by Crippen LogP contribution is -2.01. The largest absolute Gasteiger partial charge is 0.496 e. The normalized spacial score (nSPS) is 10.4. The first-order valence-corrected chi connectivity index (χ1v) is 6.35. The van der Waals surface area contributed by atoms with E-state index in [1.54, 1.807) is 14.2 Å². The second kappa shape index (κ2) is 5.79. The van der Waals surface area contributed by atoms with Gasteiger partial charge in [0.15, 0.2) is 5.01 Å².